The molecule has 2 N–H and O–H groups in total. The second-order valence-electron chi connectivity index (χ2n) is 7.93. The normalized spacial score (nSPS) is 19.3. The monoisotopic (exact) mass is 378 g/mol. The molecule has 1 aliphatic heterocycles. The summed E-state index contributed by atoms with van der Waals surface area (Å²) >= 11 is 0. The summed E-state index contributed by atoms with van der Waals surface area (Å²) in [6.45, 7) is 6.48. The van der Waals surface area contributed by atoms with Crippen molar-refractivity contribution in [2.75, 3.05) is 19.6 Å². The highest BCUT2D eigenvalue weighted by atomic mass is 16.5. The Bertz CT molecular complexity index is 1010. The van der Waals surface area contributed by atoms with Crippen LogP contribution < -0.4 is 10.5 Å². The van der Waals surface area contributed by atoms with Crippen molar-refractivity contribution in [3.8, 4) is 5.75 Å². The Kier molecular flexibility index (Phi) is 4.81. The van der Waals surface area contributed by atoms with Crippen molar-refractivity contribution in [2.45, 2.75) is 26.9 Å². The lowest BCUT2D eigenvalue weighted by Crippen LogP contribution is -2.34. The summed E-state index contributed by atoms with van der Waals surface area (Å²) in [6.07, 6.45) is 4.86. The molecule has 0 aliphatic carbocycles. The van der Waals surface area contributed by atoms with Gasteiger partial charge in [0.25, 0.3) is 5.91 Å². The molecule has 1 aliphatic rings. The van der Waals surface area contributed by atoms with Gasteiger partial charge in [0.2, 0.25) is 0 Å². The topological polar surface area (TPSA) is 72.9 Å². The minimum atomic E-state index is -0.00128. The Labute approximate surface area is 164 Å². The first kappa shape index (κ1) is 18.5. The molecule has 6 nitrogen and oxygen atoms in total. The maximum absolute atomic E-state index is 13.1. The number of carbonyl (C=O) groups is 1. The maximum Gasteiger partial charge on any atom is 0.257 e. The number of fused-ring (bicyclic) bond motifs is 1. The number of nitrogens with zero attached hydrogens (tertiary/aromatic N) is 3. The molecule has 1 amide bonds. The summed E-state index contributed by atoms with van der Waals surface area (Å²) in [5.74, 6) is 0.584. The van der Waals surface area contributed by atoms with Gasteiger partial charge in [-0.05, 0) is 49.1 Å². The van der Waals surface area contributed by atoms with Crippen molar-refractivity contribution in [2.24, 2.45) is 11.1 Å². The van der Waals surface area contributed by atoms with Crippen molar-refractivity contribution in [1.29, 1.82) is 0 Å². The fourth-order valence-corrected chi connectivity index (χ4v) is 3.73. The predicted molar refractivity (Wildman–Crippen MR) is 108 cm³/mol. The number of para-hydroxylation sites is 1. The zero-order valence-corrected chi connectivity index (χ0v) is 16.4. The molecule has 146 valence electrons. The van der Waals surface area contributed by atoms with E-state index in [1.165, 1.54) is 0 Å². The Morgan fingerprint density at radius 2 is 2.11 bits per heavy atom. The third kappa shape index (κ3) is 3.47. The third-order valence-electron chi connectivity index (χ3n) is 5.56. The van der Waals surface area contributed by atoms with Gasteiger partial charge in [0, 0.05) is 25.5 Å². The smallest absolute Gasteiger partial charge is 0.257 e. The summed E-state index contributed by atoms with van der Waals surface area (Å²) < 4.78 is 7.99. The molecule has 2 aromatic heterocycles. The quantitative estimate of drug-likeness (QED) is 0.741. The highest BCUT2D eigenvalue weighted by Crippen LogP contribution is 2.31. The van der Waals surface area contributed by atoms with Gasteiger partial charge < -0.3 is 19.8 Å². The van der Waals surface area contributed by atoms with E-state index in [4.69, 9.17) is 10.5 Å². The van der Waals surface area contributed by atoms with E-state index < -0.39 is 0 Å². The SMILES string of the molecule is Cc1cccn2cc(COc3ccccc3C(=O)N3CCC(C)(CN)C3)nc12. The molecule has 28 heavy (non-hydrogen) atoms. The summed E-state index contributed by atoms with van der Waals surface area (Å²) in [7, 11) is 0. The number of carbonyl (C=O) groups excluding carboxylic acids is 1. The molecule has 0 radical (unpaired) electrons. The maximum atomic E-state index is 13.1. The van der Waals surface area contributed by atoms with Gasteiger partial charge in [-0.2, -0.15) is 0 Å². The van der Waals surface area contributed by atoms with Crippen LogP contribution in [-0.4, -0.2) is 39.8 Å². The lowest BCUT2D eigenvalue weighted by atomic mass is 9.90. The first-order chi connectivity index (χ1) is 13.5. The number of pyridine rings is 1. The van der Waals surface area contributed by atoms with E-state index in [9.17, 15) is 4.79 Å². The molecule has 1 aromatic carbocycles. The fraction of sp³-hybridized carbons (Fsp3) is 0.364. The molecule has 3 heterocycles. The minimum Gasteiger partial charge on any atom is -0.486 e. The van der Waals surface area contributed by atoms with Crippen molar-refractivity contribution >= 4 is 11.6 Å². The summed E-state index contributed by atoms with van der Waals surface area (Å²) in [5.41, 5.74) is 9.33. The number of ether oxygens (including phenoxy) is 1. The fourth-order valence-electron chi connectivity index (χ4n) is 3.73. The van der Waals surface area contributed by atoms with E-state index in [-0.39, 0.29) is 11.3 Å². The van der Waals surface area contributed by atoms with Gasteiger partial charge >= 0.3 is 0 Å². The molecule has 0 saturated carbocycles. The highest BCUT2D eigenvalue weighted by Gasteiger charge is 2.35. The van der Waals surface area contributed by atoms with Crippen LogP contribution in [0.25, 0.3) is 5.65 Å². The Morgan fingerprint density at radius 3 is 2.86 bits per heavy atom. The van der Waals surface area contributed by atoms with E-state index in [1.807, 2.05) is 65.0 Å². The van der Waals surface area contributed by atoms with Gasteiger partial charge in [-0.15, -0.1) is 0 Å². The molecule has 1 fully saturated rings. The number of likely N-dealkylation sites (tertiary alicyclic amines) is 1. The van der Waals surface area contributed by atoms with Crippen LogP contribution in [-0.2, 0) is 6.61 Å². The van der Waals surface area contributed by atoms with Gasteiger partial charge in [-0.1, -0.05) is 25.1 Å². The summed E-state index contributed by atoms with van der Waals surface area (Å²) in [4.78, 5) is 19.6. The summed E-state index contributed by atoms with van der Waals surface area (Å²) in [5, 5.41) is 0. The third-order valence-corrected chi connectivity index (χ3v) is 5.56. The van der Waals surface area contributed by atoms with Gasteiger partial charge in [0.1, 0.15) is 18.0 Å². The van der Waals surface area contributed by atoms with Gasteiger partial charge in [0.05, 0.1) is 11.3 Å². The van der Waals surface area contributed by atoms with Crippen molar-refractivity contribution < 1.29 is 9.53 Å². The lowest BCUT2D eigenvalue weighted by Gasteiger charge is -2.23. The zero-order chi connectivity index (χ0) is 19.7. The standard InChI is InChI=1S/C22H26N4O2/c1-16-6-5-10-25-12-17(24-20(16)25)13-28-19-8-4-3-7-18(19)21(27)26-11-9-22(2,14-23)15-26/h3-8,10,12H,9,11,13-15,23H2,1-2H3. The molecule has 1 saturated heterocycles. The van der Waals surface area contributed by atoms with Crippen LogP contribution >= 0.6 is 0 Å². The van der Waals surface area contributed by atoms with Gasteiger partial charge in [-0.25, -0.2) is 4.98 Å². The first-order valence-electron chi connectivity index (χ1n) is 9.63. The number of aromatic nitrogens is 2. The van der Waals surface area contributed by atoms with Crippen LogP contribution in [0.5, 0.6) is 5.75 Å². The van der Waals surface area contributed by atoms with Gasteiger partial charge in [0.15, 0.2) is 0 Å². The molecule has 0 bridgehead atoms. The van der Waals surface area contributed by atoms with Crippen LogP contribution in [0.3, 0.4) is 0 Å². The average molecular weight is 378 g/mol. The molecule has 4 rings (SSSR count). The number of hydrogen-bond donors (Lipinski definition) is 1. The van der Waals surface area contributed by atoms with E-state index in [2.05, 4.69) is 11.9 Å². The molecular weight excluding hydrogens is 352 g/mol. The van der Waals surface area contributed by atoms with Crippen molar-refractivity contribution in [3.63, 3.8) is 0 Å². The van der Waals surface area contributed by atoms with Crippen LogP contribution in [0.4, 0.5) is 0 Å². The second kappa shape index (κ2) is 7.28. The molecule has 0 spiro atoms. The van der Waals surface area contributed by atoms with Gasteiger partial charge in [-0.3, -0.25) is 4.79 Å². The Morgan fingerprint density at radius 1 is 1.29 bits per heavy atom. The number of imidazole rings is 1. The van der Waals surface area contributed by atoms with Crippen LogP contribution in [0.2, 0.25) is 0 Å². The lowest BCUT2D eigenvalue weighted by molar-refractivity contribution is 0.0772. The highest BCUT2D eigenvalue weighted by molar-refractivity contribution is 5.97. The number of benzene rings is 1. The predicted octanol–water partition coefficient (Wildman–Crippen LogP) is 3.03. The molecule has 1 unspecified atom stereocenters. The largest absolute Gasteiger partial charge is 0.486 e. The first-order valence-corrected chi connectivity index (χ1v) is 9.63. The number of amides is 1. The van der Waals surface area contributed by atoms with Crippen LogP contribution in [0, 0.1) is 12.3 Å². The zero-order valence-electron chi connectivity index (χ0n) is 16.4. The van der Waals surface area contributed by atoms with Crippen LogP contribution in [0.1, 0.15) is 35.0 Å². The van der Waals surface area contributed by atoms with E-state index >= 15 is 0 Å². The van der Waals surface area contributed by atoms with Crippen molar-refractivity contribution in [3.05, 3.63) is 65.6 Å². The Balaban J connectivity index is 1.51. The molecule has 1 atom stereocenters. The average Bonchev–Trinajstić information content (AvgIpc) is 3.31. The molecule has 3 aromatic rings. The van der Waals surface area contributed by atoms with Crippen LogP contribution in [0.15, 0.2) is 48.8 Å². The van der Waals surface area contributed by atoms with E-state index in [0.717, 1.165) is 29.9 Å². The van der Waals surface area contributed by atoms with E-state index in [1.54, 1.807) is 0 Å². The van der Waals surface area contributed by atoms with E-state index in [0.29, 0.717) is 31.0 Å². The Hall–Kier alpha value is -2.86. The van der Waals surface area contributed by atoms with Crippen molar-refractivity contribution in [1.82, 2.24) is 14.3 Å². The molecular formula is C22H26N4O2. The second-order valence-corrected chi connectivity index (χ2v) is 7.93. The number of rotatable bonds is 5. The summed E-state index contributed by atoms with van der Waals surface area (Å²) in [6, 6.07) is 11.4. The number of nitrogens with two attached hydrogens (primary N) is 1. The number of hydrogen-bond acceptors (Lipinski definition) is 4. The number of aryl methyl sites for hydroxylation is 1. The minimum absolute atomic E-state index is 0.000139. The molecule has 6 heteroatoms.